The lowest BCUT2D eigenvalue weighted by molar-refractivity contribution is -0.142. The number of carbonyl (C=O) groups excluding carboxylic acids is 3. The van der Waals surface area contributed by atoms with E-state index in [0.29, 0.717) is 42.0 Å². The molecule has 3 aliphatic heterocycles. The molecule has 2 fully saturated rings. The number of ether oxygens (including phenoxy) is 10. The maximum absolute atomic E-state index is 12.0. The third kappa shape index (κ3) is 6.62. The van der Waals surface area contributed by atoms with Crippen molar-refractivity contribution in [3.63, 3.8) is 0 Å². The molecule has 2 saturated heterocycles. The third-order valence-corrected chi connectivity index (χ3v) is 9.22. The van der Waals surface area contributed by atoms with Crippen molar-refractivity contribution in [2.75, 3.05) is 48.3 Å². The van der Waals surface area contributed by atoms with E-state index in [1.54, 1.807) is 37.4 Å². The topological polar surface area (TPSA) is 144 Å². The molecule has 0 N–H and O–H groups in total. The van der Waals surface area contributed by atoms with Crippen LogP contribution in [0.4, 0.5) is 0 Å². The van der Waals surface area contributed by atoms with Crippen LogP contribution in [-0.2, 0) is 28.6 Å². The van der Waals surface area contributed by atoms with Crippen LogP contribution >= 0.6 is 0 Å². The second kappa shape index (κ2) is 14.5. The molecular formula is C37H40O13. The molecule has 3 heterocycles. The van der Waals surface area contributed by atoms with E-state index in [2.05, 4.69) is 0 Å². The first kappa shape index (κ1) is 34.8. The predicted molar refractivity (Wildman–Crippen MR) is 175 cm³/mol. The molecule has 0 saturated carbocycles. The zero-order chi connectivity index (χ0) is 35.7. The van der Waals surface area contributed by atoms with Crippen LogP contribution in [0.3, 0.4) is 0 Å². The first-order valence-electron chi connectivity index (χ1n) is 16.1. The van der Waals surface area contributed by atoms with E-state index >= 15 is 0 Å². The van der Waals surface area contributed by atoms with Crippen LogP contribution in [0.15, 0.2) is 42.5 Å². The van der Waals surface area contributed by atoms with Crippen molar-refractivity contribution in [3.05, 3.63) is 64.7 Å². The molecule has 6 unspecified atom stereocenters. The van der Waals surface area contributed by atoms with Gasteiger partial charge in [-0.15, -0.1) is 0 Å². The lowest BCUT2D eigenvalue weighted by Crippen LogP contribution is -2.17. The number of esters is 3. The van der Waals surface area contributed by atoms with E-state index in [0.717, 1.165) is 22.3 Å². The Morgan fingerprint density at radius 2 is 1.16 bits per heavy atom. The molecule has 0 aliphatic carbocycles. The molecular weight excluding hydrogens is 652 g/mol. The highest BCUT2D eigenvalue weighted by molar-refractivity contribution is 5.72. The van der Waals surface area contributed by atoms with Crippen molar-refractivity contribution in [1.82, 2.24) is 0 Å². The lowest BCUT2D eigenvalue weighted by atomic mass is 9.83. The minimum Gasteiger partial charge on any atom is -0.493 e. The Morgan fingerprint density at radius 1 is 0.620 bits per heavy atom. The van der Waals surface area contributed by atoms with E-state index in [4.69, 9.17) is 47.4 Å². The van der Waals surface area contributed by atoms with Gasteiger partial charge in [0.2, 0.25) is 5.75 Å². The summed E-state index contributed by atoms with van der Waals surface area (Å²) in [6.45, 7) is 4.89. The quantitative estimate of drug-likeness (QED) is 0.186. The van der Waals surface area contributed by atoms with Gasteiger partial charge >= 0.3 is 17.9 Å². The summed E-state index contributed by atoms with van der Waals surface area (Å²) in [5.41, 5.74) is 3.21. The monoisotopic (exact) mass is 692 g/mol. The Balaban J connectivity index is 1.31. The summed E-state index contributed by atoms with van der Waals surface area (Å²) in [5, 5.41) is 0. The molecule has 3 aromatic carbocycles. The van der Waals surface area contributed by atoms with Crippen LogP contribution in [0.1, 0.15) is 67.3 Å². The number of carbonyl (C=O) groups is 3. The SMILES string of the molecule is COc1cc(C2Oc3c(OC)cc(C4OCC5C(c6cc(OC)c(OC(C)=O)c(OC)c6)OCC45)cc3C2COC(C)=O)ccc1OC(C)=O. The predicted octanol–water partition coefficient (Wildman–Crippen LogP) is 5.43. The van der Waals surface area contributed by atoms with Crippen LogP contribution in [-0.4, -0.2) is 66.2 Å². The van der Waals surface area contributed by atoms with Gasteiger partial charge in [0.05, 0.1) is 59.8 Å². The summed E-state index contributed by atoms with van der Waals surface area (Å²) in [4.78, 5) is 35.4. The van der Waals surface area contributed by atoms with Gasteiger partial charge in [-0.3, -0.25) is 14.4 Å². The van der Waals surface area contributed by atoms with Crippen LogP contribution in [0, 0.1) is 11.8 Å². The first-order chi connectivity index (χ1) is 24.1. The van der Waals surface area contributed by atoms with Crippen molar-refractivity contribution >= 4 is 17.9 Å². The van der Waals surface area contributed by atoms with E-state index in [1.807, 2.05) is 12.1 Å². The summed E-state index contributed by atoms with van der Waals surface area (Å²) in [6, 6.07) is 12.7. The highest BCUT2D eigenvalue weighted by atomic mass is 16.6. The highest BCUT2D eigenvalue weighted by Crippen LogP contribution is 2.56. The van der Waals surface area contributed by atoms with E-state index in [9.17, 15) is 14.4 Å². The summed E-state index contributed by atoms with van der Waals surface area (Å²) in [7, 11) is 6.05. The van der Waals surface area contributed by atoms with Gasteiger partial charge in [-0.25, -0.2) is 0 Å². The van der Waals surface area contributed by atoms with Crippen molar-refractivity contribution in [3.8, 4) is 40.2 Å². The molecule has 6 atom stereocenters. The van der Waals surface area contributed by atoms with Crippen LogP contribution in [0.2, 0.25) is 0 Å². The maximum Gasteiger partial charge on any atom is 0.308 e. The summed E-state index contributed by atoms with van der Waals surface area (Å²) >= 11 is 0. The molecule has 0 amide bonds. The Hall–Kier alpha value is -5.01. The summed E-state index contributed by atoms with van der Waals surface area (Å²) < 4.78 is 58.1. The normalized spacial score (nSPS) is 23.3. The van der Waals surface area contributed by atoms with Crippen LogP contribution < -0.4 is 33.2 Å². The van der Waals surface area contributed by atoms with Crippen molar-refractivity contribution in [2.24, 2.45) is 11.8 Å². The number of fused-ring (bicyclic) bond motifs is 2. The second-order valence-corrected chi connectivity index (χ2v) is 12.3. The number of hydrogen-bond donors (Lipinski definition) is 0. The molecule has 0 aromatic heterocycles. The molecule has 3 aromatic rings. The standard InChI is InChI=1S/C37H40O13/c1-18(38)45-15-25-24-10-22(12-30(42-5)36(24)50-35(25)21-8-9-28(48-19(2)39)29(11-21)41-4)33-26-16-47-34(27(26)17-46-33)23-13-31(43-6)37(49-20(3)40)32(14-23)44-7/h8-14,25-27,33-35H,15-17H2,1-7H3. The highest BCUT2D eigenvalue weighted by Gasteiger charge is 2.49. The molecule has 0 spiro atoms. The van der Waals surface area contributed by atoms with Gasteiger partial charge in [0, 0.05) is 38.2 Å². The van der Waals surface area contributed by atoms with Gasteiger partial charge in [-0.05, 0) is 53.1 Å². The first-order valence-corrected chi connectivity index (χ1v) is 16.1. The average molecular weight is 693 g/mol. The Labute approximate surface area is 289 Å². The molecule has 3 aliphatic rings. The maximum atomic E-state index is 12.0. The van der Waals surface area contributed by atoms with Crippen molar-refractivity contribution < 1.29 is 61.8 Å². The number of methoxy groups -OCH3 is 4. The van der Waals surface area contributed by atoms with E-state index in [1.165, 1.54) is 42.1 Å². The molecule has 0 bridgehead atoms. The lowest BCUT2D eigenvalue weighted by Gasteiger charge is -2.21. The van der Waals surface area contributed by atoms with E-state index in [-0.39, 0.29) is 42.1 Å². The molecule has 6 rings (SSSR count). The molecule has 266 valence electrons. The number of benzene rings is 3. The van der Waals surface area contributed by atoms with Gasteiger partial charge in [-0.1, -0.05) is 6.07 Å². The molecule has 50 heavy (non-hydrogen) atoms. The third-order valence-electron chi connectivity index (χ3n) is 9.22. The number of hydrogen-bond acceptors (Lipinski definition) is 13. The van der Waals surface area contributed by atoms with Gasteiger partial charge in [0.25, 0.3) is 0 Å². The molecule has 13 nitrogen and oxygen atoms in total. The summed E-state index contributed by atoms with van der Waals surface area (Å²) in [5.74, 6) is 0.775. The smallest absolute Gasteiger partial charge is 0.308 e. The zero-order valence-corrected chi connectivity index (χ0v) is 28.9. The van der Waals surface area contributed by atoms with Gasteiger partial charge in [0.1, 0.15) is 12.7 Å². The van der Waals surface area contributed by atoms with Crippen LogP contribution in [0.5, 0.6) is 40.2 Å². The zero-order valence-electron chi connectivity index (χ0n) is 28.9. The van der Waals surface area contributed by atoms with Gasteiger partial charge < -0.3 is 47.4 Å². The fourth-order valence-electron chi connectivity index (χ4n) is 7.06. The second-order valence-electron chi connectivity index (χ2n) is 12.3. The Kier molecular flexibility index (Phi) is 10.1. The minimum atomic E-state index is -0.579. The fraction of sp³-hybridized carbons (Fsp3) is 0.432. The van der Waals surface area contributed by atoms with Crippen LogP contribution in [0.25, 0.3) is 0 Å². The van der Waals surface area contributed by atoms with Crippen molar-refractivity contribution in [2.45, 2.75) is 45.0 Å². The molecule has 0 radical (unpaired) electrons. The van der Waals surface area contributed by atoms with Gasteiger partial charge in [-0.2, -0.15) is 0 Å². The largest absolute Gasteiger partial charge is 0.493 e. The molecule has 13 heteroatoms. The number of rotatable bonds is 11. The average Bonchev–Trinajstić information content (AvgIpc) is 3.80. The summed E-state index contributed by atoms with van der Waals surface area (Å²) in [6.07, 6.45) is -1.24. The minimum absolute atomic E-state index is 0.00252. The fourth-order valence-corrected chi connectivity index (χ4v) is 7.06. The van der Waals surface area contributed by atoms with E-state index < -0.39 is 29.9 Å². The van der Waals surface area contributed by atoms with Gasteiger partial charge in [0.15, 0.2) is 34.5 Å². The Morgan fingerprint density at radius 3 is 1.70 bits per heavy atom. The Bertz CT molecular complexity index is 1760. The van der Waals surface area contributed by atoms with Crippen molar-refractivity contribution in [1.29, 1.82) is 0 Å².